The number of pyridine rings is 1. The van der Waals surface area contributed by atoms with Crippen LogP contribution in [0.1, 0.15) is 24.2 Å². The Hall–Kier alpha value is -1.77. The van der Waals surface area contributed by atoms with Crippen molar-refractivity contribution < 1.29 is 4.42 Å². The van der Waals surface area contributed by atoms with Crippen molar-refractivity contribution in [3.8, 4) is 0 Å². The fraction of sp³-hybridized carbons (Fsp3) is 0.250. The van der Waals surface area contributed by atoms with Gasteiger partial charge in [0.1, 0.15) is 0 Å². The zero-order valence-electron chi connectivity index (χ0n) is 8.90. The van der Waals surface area contributed by atoms with Gasteiger partial charge in [-0.3, -0.25) is 4.98 Å². The first kappa shape index (κ1) is 9.77. The van der Waals surface area contributed by atoms with Gasteiger partial charge in [0.05, 0.1) is 29.9 Å². The first-order chi connectivity index (χ1) is 7.27. The van der Waals surface area contributed by atoms with Crippen molar-refractivity contribution in [2.24, 2.45) is 0 Å². The van der Waals surface area contributed by atoms with E-state index in [-0.39, 0.29) is 6.04 Å². The van der Waals surface area contributed by atoms with Gasteiger partial charge < -0.3 is 9.73 Å². The second-order valence-electron chi connectivity index (χ2n) is 3.56. The molecule has 78 valence electrons. The van der Waals surface area contributed by atoms with Crippen molar-refractivity contribution in [3.63, 3.8) is 0 Å². The smallest absolute Gasteiger partial charge is 0.0955 e. The third-order valence-electron chi connectivity index (χ3n) is 2.42. The number of aryl methyl sites for hydroxylation is 1. The molecule has 2 heterocycles. The molecule has 3 nitrogen and oxygen atoms in total. The molecule has 2 rings (SSSR count). The van der Waals surface area contributed by atoms with Crippen LogP contribution in [0, 0.1) is 6.92 Å². The van der Waals surface area contributed by atoms with Gasteiger partial charge in [0.15, 0.2) is 0 Å². The molecule has 0 aliphatic heterocycles. The highest BCUT2D eigenvalue weighted by Gasteiger charge is 2.07. The van der Waals surface area contributed by atoms with Gasteiger partial charge in [0.25, 0.3) is 0 Å². The van der Waals surface area contributed by atoms with Crippen LogP contribution in [-0.2, 0) is 0 Å². The van der Waals surface area contributed by atoms with E-state index in [0.29, 0.717) is 0 Å². The fourth-order valence-corrected chi connectivity index (χ4v) is 1.47. The number of hydrogen-bond donors (Lipinski definition) is 1. The molecule has 2 aromatic heterocycles. The van der Waals surface area contributed by atoms with Crippen LogP contribution in [0.25, 0.3) is 0 Å². The molecule has 0 saturated heterocycles. The summed E-state index contributed by atoms with van der Waals surface area (Å²) in [7, 11) is 0. The molecule has 3 heteroatoms. The first-order valence-electron chi connectivity index (χ1n) is 4.97. The summed E-state index contributed by atoms with van der Waals surface area (Å²) in [5, 5.41) is 3.39. The van der Waals surface area contributed by atoms with E-state index in [0.717, 1.165) is 16.9 Å². The maximum atomic E-state index is 5.05. The normalized spacial score (nSPS) is 12.4. The highest BCUT2D eigenvalue weighted by molar-refractivity contribution is 5.48. The summed E-state index contributed by atoms with van der Waals surface area (Å²) in [6, 6.07) is 6.14. The minimum absolute atomic E-state index is 0.228. The zero-order valence-corrected chi connectivity index (χ0v) is 8.90. The van der Waals surface area contributed by atoms with Crippen molar-refractivity contribution in [2.75, 3.05) is 5.32 Å². The fourth-order valence-electron chi connectivity index (χ4n) is 1.47. The number of furan rings is 1. The first-order valence-corrected chi connectivity index (χ1v) is 4.97. The van der Waals surface area contributed by atoms with Crippen LogP contribution in [0.4, 0.5) is 5.69 Å². The second kappa shape index (κ2) is 4.17. The van der Waals surface area contributed by atoms with Gasteiger partial charge in [-0.25, -0.2) is 0 Å². The summed E-state index contributed by atoms with van der Waals surface area (Å²) in [6.07, 6.45) is 5.23. The summed E-state index contributed by atoms with van der Waals surface area (Å²) in [5.41, 5.74) is 3.21. The van der Waals surface area contributed by atoms with E-state index in [1.807, 2.05) is 25.1 Å². The molecular weight excluding hydrogens is 188 g/mol. The van der Waals surface area contributed by atoms with Crippen LogP contribution < -0.4 is 5.32 Å². The van der Waals surface area contributed by atoms with Crippen LogP contribution in [0.3, 0.4) is 0 Å². The van der Waals surface area contributed by atoms with Crippen LogP contribution in [0.5, 0.6) is 0 Å². The molecule has 1 atom stereocenters. The van der Waals surface area contributed by atoms with Crippen LogP contribution in [0.15, 0.2) is 41.3 Å². The molecule has 0 aliphatic carbocycles. The zero-order chi connectivity index (χ0) is 10.7. The molecule has 0 bridgehead atoms. The van der Waals surface area contributed by atoms with E-state index in [9.17, 15) is 0 Å². The molecule has 0 aromatic carbocycles. The number of hydrogen-bond acceptors (Lipinski definition) is 3. The number of rotatable bonds is 3. The Bertz CT molecular complexity index is 423. The summed E-state index contributed by atoms with van der Waals surface area (Å²) in [5.74, 6) is 0. The lowest BCUT2D eigenvalue weighted by atomic mass is 10.1. The average Bonchev–Trinajstić information content (AvgIpc) is 2.74. The highest BCUT2D eigenvalue weighted by Crippen LogP contribution is 2.20. The third kappa shape index (κ3) is 2.18. The predicted molar refractivity (Wildman–Crippen MR) is 59.7 cm³/mol. The predicted octanol–water partition coefficient (Wildman–Crippen LogP) is 3.16. The Morgan fingerprint density at radius 2 is 2.27 bits per heavy atom. The Balaban J connectivity index is 2.13. The van der Waals surface area contributed by atoms with Crippen molar-refractivity contribution in [3.05, 3.63) is 48.2 Å². The van der Waals surface area contributed by atoms with Gasteiger partial charge >= 0.3 is 0 Å². The topological polar surface area (TPSA) is 38.1 Å². The molecule has 0 spiro atoms. The van der Waals surface area contributed by atoms with Crippen LogP contribution in [-0.4, -0.2) is 4.98 Å². The molecule has 15 heavy (non-hydrogen) atoms. The lowest BCUT2D eigenvalue weighted by Gasteiger charge is -2.14. The molecule has 0 aliphatic rings. The molecule has 1 N–H and O–H groups in total. The van der Waals surface area contributed by atoms with Gasteiger partial charge in [-0.15, -0.1) is 0 Å². The summed E-state index contributed by atoms with van der Waals surface area (Å²) >= 11 is 0. The second-order valence-corrected chi connectivity index (χ2v) is 3.56. The van der Waals surface area contributed by atoms with Crippen molar-refractivity contribution in [1.29, 1.82) is 0 Å². The number of nitrogens with zero attached hydrogens (tertiary/aromatic N) is 1. The van der Waals surface area contributed by atoms with E-state index in [4.69, 9.17) is 4.42 Å². The number of nitrogens with one attached hydrogen (secondary N) is 1. The Morgan fingerprint density at radius 1 is 1.40 bits per heavy atom. The van der Waals surface area contributed by atoms with Crippen LogP contribution in [0.2, 0.25) is 0 Å². The molecule has 0 saturated carbocycles. The van der Waals surface area contributed by atoms with E-state index < -0.39 is 0 Å². The lowest BCUT2D eigenvalue weighted by Crippen LogP contribution is -2.07. The van der Waals surface area contributed by atoms with E-state index in [1.54, 1.807) is 18.7 Å². The average molecular weight is 202 g/mol. The molecule has 2 aromatic rings. The van der Waals surface area contributed by atoms with E-state index in [1.165, 1.54) is 0 Å². The minimum Gasteiger partial charge on any atom is -0.472 e. The molecule has 0 amide bonds. The largest absolute Gasteiger partial charge is 0.472 e. The standard InChI is InChI=1S/C12H14N2O/c1-9(11-5-7-15-8-11)14-12-4-3-6-13-10(12)2/h3-9,14H,1-2H3. The Kier molecular flexibility index (Phi) is 2.72. The van der Waals surface area contributed by atoms with Gasteiger partial charge in [0, 0.05) is 11.8 Å². The highest BCUT2D eigenvalue weighted by atomic mass is 16.3. The monoisotopic (exact) mass is 202 g/mol. The lowest BCUT2D eigenvalue weighted by molar-refractivity contribution is 0.562. The summed E-state index contributed by atoms with van der Waals surface area (Å²) < 4.78 is 5.05. The SMILES string of the molecule is Cc1ncccc1NC(C)c1ccoc1. The van der Waals surface area contributed by atoms with Crippen molar-refractivity contribution in [2.45, 2.75) is 19.9 Å². The van der Waals surface area contributed by atoms with Gasteiger partial charge in [0.2, 0.25) is 0 Å². The van der Waals surface area contributed by atoms with E-state index >= 15 is 0 Å². The maximum absolute atomic E-state index is 5.05. The van der Waals surface area contributed by atoms with Crippen molar-refractivity contribution in [1.82, 2.24) is 4.98 Å². The molecule has 0 radical (unpaired) electrons. The summed E-state index contributed by atoms with van der Waals surface area (Å²) in [6.45, 7) is 4.09. The van der Waals surface area contributed by atoms with Gasteiger partial charge in [-0.05, 0) is 32.0 Å². The summed E-state index contributed by atoms with van der Waals surface area (Å²) in [4.78, 5) is 4.23. The quantitative estimate of drug-likeness (QED) is 0.830. The van der Waals surface area contributed by atoms with Crippen molar-refractivity contribution >= 4 is 5.69 Å². The minimum atomic E-state index is 0.228. The molecular formula is C12H14N2O. The van der Waals surface area contributed by atoms with Gasteiger partial charge in [-0.2, -0.15) is 0 Å². The Labute approximate surface area is 89.1 Å². The number of aromatic nitrogens is 1. The molecule has 0 fully saturated rings. The maximum Gasteiger partial charge on any atom is 0.0955 e. The Morgan fingerprint density at radius 3 is 2.93 bits per heavy atom. The van der Waals surface area contributed by atoms with Gasteiger partial charge in [-0.1, -0.05) is 0 Å². The van der Waals surface area contributed by atoms with Crippen LogP contribution >= 0.6 is 0 Å². The molecule has 1 unspecified atom stereocenters. The van der Waals surface area contributed by atoms with E-state index in [2.05, 4.69) is 17.2 Å². The third-order valence-corrected chi connectivity index (χ3v) is 2.42. The number of anilines is 1.